The van der Waals surface area contributed by atoms with Crippen LogP contribution in [0.2, 0.25) is 0 Å². The van der Waals surface area contributed by atoms with Crippen molar-refractivity contribution in [1.82, 2.24) is 19.4 Å². The van der Waals surface area contributed by atoms with E-state index in [0.29, 0.717) is 19.8 Å². The van der Waals surface area contributed by atoms with E-state index in [9.17, 15) is 8.42 Å². The Morgan fingerprint density at radius 1 is 1.43 bits per heavy atom. The summed E-state index contributed by atoms with van der Waals surface area (Å²) in [7, 11) is -1.82. The Kier molecular flexibility index (Phi) is 5.03. The zero-order valence-electron chi connectivity index (χ0n) is 12.9. The van der Waals surface area contributed by atoms with Gasteiger partial charge in [-0.15, -0.1) is 0 Å². The Hall–Kier alpha value is -0.960. The summed E-state index contributed by atoms with van der Waals surface area (Å²) in [6.45, 7) is 7.60. The number of nitrogens with zero attached hydrogens (tertiary/aromatic N) is 3. The van der Waals surface area contributed by atoms with Crippen LogP contribution in [-0.2, 0) is 21.8 Å². The molecule has 0 spiro atoms. The average molecular weight is 316 g/mol. The molecule has 1 aliphatic heterocycles. The van der Waals surface area contributed by atoms with Gasteiger partial charge in [-0.1, -0.05) is 6.92 Å². The molecule has 8 heteroatoms. The van der Waals surface area contributed by atoms with Crippen LogP contribution in [0.5, 0.6) is 0 Å². The van der Waals surface area contributed by atoms with Crippen molar-refractivity contribution >= 4 is 10.0 Å². The number of ether oxygens (including phenoxy) is 1. The van der Waals surface area contributed by atoms with Gasteiger partial charge in [-0.2, -0.15) is 5.10 Å². The summed E-state index contributed by atoms with van der Waals surface area (Å²) in [6.07, 6.45) is 3.73. The first-order chi connectivity index (χ1) is 9.87. The van der Waals surface area contributed by atoms with Gasteiger partial charge in [0.25, 0.3) is 0 Å². The zero-order chi connectivity index (χ0) is 15.5. The number of rotatable bonds is 6. The number of sulfonamides is 1. The first-order valence-electron chi connectivity index (χ1n) is 7.18. The van der Waals surface area contributed by atoms with E-state index in [4.69, 9.17) is 4.74 Å². The van der Waals surface area contributed by atoms with Crippen molar-refractivity contribution in [2.24, 2.45) is 7.05 Å². The lowest BCUT2D eigenvalue weighted by Gasteiger charge is -2.42. The Morgan fingerprint density at radius 3 is 2.62 bits per heavy atom. The van der Waals surface area contributed by atoms with Crippen LogP contribution in [0, 0.1) is 0 Å². The number of hydrogen-bond acceptors (Lipinski definition) is 5. The van der Waals surface area contributed by atoms with Crippen LogP contribution in [-0.4, -0.2) is 61.5 Å². The molecule has 1 fully saturated rings. The van der Waals surface area contributed by atoms with Gasteiger partial charge in [-0.05, 0) is 13.3 Å². The maximum Gasteiger partial charge on any atom is 0.243 e. The van der Waals surface area contributed by atoms with Crippen molar-refractivity contribution in [3.05, 3.63) is 12.4 Å². The number of aryl methyl sites for hydroxylation is 1. The lowest BCUT2D eigenvalue weighted by molar-refractivity contribution is -0.0157. The molecule has 1 aromatic rings. The molecule has 21 heavy (non-hydrogen) atoms. The molecular formula is C13H24N4O3S. The van der Waals surface area contributed by atoms with Gasteiger partial charge in [0, 0.05) is 38.4 Å². The summed E-state index contributed by atoms with van der Waals surface area (Å²) in [5, 5.41) is 3.91. The van der Waals surface area contributed by atoms with Crippen molar-refractivity contribution in [1.29, 1.82) is 0 Å². The summed E-state index contributed by atoms with van der Waals surface area (Å²) in [5.41, 5.74) is -0.209. The largest absolute Gasteiger partial charge is 0.379 e. The van der Waals surface area contributed by atoms with Gasteiger partial charge in [0.05, 0.1) is 19.4 Å². The standard InChI is InChI=1S/C13H24N4O3S/c1-4-13(2,17-5-7-20-8-6-17)11-15-21(18,19)12-9-14-16(3)10-12/h9-10,15H,4-8,11H2,1-3H3/t13-/m0/s1. The van der Waals surface area contributed by atoms with Crippen molar-refractivity contribution in [2.75, 3.05) is 32.8 Å². The highest BCUT2D eigenvalue weighted by Gasteiger charge is 2.32. The van der Waals surface area contributed by atoms with Crippen LogP contribution >= 0.6 is 0 Å². The van der Waals surface area contributed by atoms with Gasteiger partial charge in [0.1, 0.15) is 4.90 Å². The molecule has 0 aliphatic carbocycles. The molecule has 1 aliphatic rings. The van der Waals surface area contributed by atoms with E-state index >= 15 is 0 Å². The van der Waals surface area contributed by atoms with Crippen molar-refractivity contribution in [3.63, 3.8) is 0 Å². The third-order valence-electron chi connectivity index (χ3n) is 4.17. The van der Waals surface area contributed by atoms with E-state index in [1.807, 2.05) is 0 Å². The maximum atomic E-state index is 12.3. The first kappa shape index (κ1) is 16.4. The third kappa shape index (κ3) is 3.82. The van der Waals surface area contributed by atoms with Crippen LogP contribution < -0.4 is 4.72 Å². The van der Waals surface area contributed by atoms with E-state index in [0.717, 1.165) is 19.5 Å². The van der Waals surface area contributed by atoms with Crippen molar-refractivity contribution in [2.45, 2.75) is 30.7 Å². The molecule has 1 atom stereocenters. The average Bonchev–Trinajstić information content (AvgIpc) is 2.93. The number of aromatic nitrogens is 2. The summed E-state index contributed by atoms with van der Waals surface area (Å²) < 4.78 is 34.1. The van der Waals surface area contributed by atoms with E-state index in [-0.39, 0.29) is 10.4 Å². The summed E-state index contributed by atoms with van der Waals surface area (Å²) in [4.78, 5) is 2.49. The van der Waals surface area contributed by atoms with E-state index < -0.39 is 10.0 Å². The smallest absolute Gasteiger partial charge is 0.243 e. The van der Waals surface area contributed by atoms with E-state index in [1.54, 1.807) is 7.05 Å². The fourth-order valence-corrected chi connectivity index (χ4v) is 3.58. The Balaban J connectivity index is 2.05. The minimum atomic E-state index is -3.51. The molecule has 0 amide bonds. The minimum absolute atomic E-state index is 0.199. The Labute approximate surface area is 126 Å². The molecule has 1 aromatic heterocycles. The van der Waals surface area contributed by atoms with Gasteiger partial charge >= 0.3 is 0 Å². The Bertz CT molecular complexity index is 566. The molecular weight excluding hydrogens is 292 g/mol. The second kappa shape index (κ2) is 6.43. The van der Waals surface area contributed by atoms with Gasteiger partial charge in [-0.3, -0.25) is 9.58 Å². The highest BCUT2D eigenvalue weighted by molar-refractivity contribution is 7.89. The Morgan fingerprint density at radius 2 is 2.10 bits per heavy atom. The van der Waals surface area contributed by atoms with Gasteiger partial charge < -0.3 is 4.74 Å². The van der Waals surface area contributed by atoms with Crippen LogP contribution in [0.4, 0.5) is 0 Å². The monoisotopic (exact) mass is 316 g/mol. The number of hydrogen-bond donors (Lipinski definition) is 1. The molecule has 0 bridgehead atoms. The fourth-order valence-electron chi connectivity index (χ4n) is 2.43. The third-order valence-corrected chi connectivity index (χ3v) is 5.53. The predicted molar refractivity (Wildman–Crippen MR) is 79.5 cm³/mol. The molecule has 0 radical (unpaired) electrons. The minimum Gasteiger partial charge on any atom is -0.379 e. The highest BCUT2D eigenvalue weighted by Crippen LogP contribution is 2.21. The maximum absolute atomic E-state index is 12.3. The molecule has 0 saturated carbocycles. The predicted octanol–water partition coefficient (Wildman–Crippen LogP) is 0.199. The SMILES string of the molecule is CC[C@@](C)(CNS(=O)(=O)c1cnn(C)c1)N1CCOCC1. The van der Waals surface area contributed by atoms with Crippen molar-refractivity contribution < 1.29 is 13.2 Å². The lowest BCUT2D eigenvalue weighted by Crippen LogP contribution is -2.56. The molecule has 1 N–H and O–H groups in total. The van der Waals surface area contributed by atoms with Crippen LogP contribution in [0.15, 0.2) is 17.3 Å². The topological polar surface area (TPSA) is 76.5 Å². The first-order valence-corrected chi connectivity index (χ1v) is 8.67. The fraction of sp³-hybridized carbons (Fsp3) is 0.769. The van der Waals surface area contributed by atoms with Crippen LogP contribution in [0.1, 0.15) is 20.3 Å². The number of nitrogens with one attached hydrogen (secondary N) is 1. The molecule has 0 unspecified atom stereocenters. The molecule has 2 heterocycles. The zero-order valence-corrected chi connectivity index (χ0v) is 13.7. The second-order valence-electron chi connectivity index (χ2n) is 5.62. The second-order valence-corrected chi connectivity index (χ2v) is 7.39. The van der Waals surface area contributed by atoms with Gasteiger partial charge in [0.15, 0.2) is 0 Å². The van der Waals surface area contributed by atoms with Gasteiger partial charge in [-0.25, -0.2) is 13.1 Å². The summed E-state index contributed by atoms with van der Waals surface area (Å²) in [6, 6.07) is 0. The molecule has 0 aromatic carbocycles. The van der Waals surface area contributed by atoms with Crippen LogP contribution in [0.25, 0.3) is 0 Å². The lowest BCUT2D eigenvalue weighted by atomic mass is 9.96. The van der Waals surface area contributed by atoms with Crippen LogP contribution in [0.3, 0.4) is 0 Å². The van der Waals surface area contributed by atoms with E-state index in [2.05, 4.69) is 28.6 Å². The van der Waals surface area contributed by atoms with Gasteiger partial charge in [0.2, 0.25) is 10.0 Å². The van der Waals surface area contributed by atoms with Crippen molar-refractivity contribution in [3.8, 4) is 0 Å². The normalized spacial score (nSPS) is 20.3. The molecule has 120 valence electrons. The highest BCUT2D eigenvalue weighted by atomic mass is 32.2. The molecule has 7 nitrogen and oxygen atoms in total. The number of morpholine rings is 1. The summed E-state index contributed by atoms with van der Waals surface area (Å²) >= 11 is 0. The quantitative estimate of drug-likeness (QED) is 0.811. The molecule has 1 saturated heterocycles. The summed E-state index contributed by atoms with van der Waals surface area (Å²) in [5.74, 6) is 0. The molecule has 2 rings (SSSR count). The van der Waals surface area contributed by atoms with E-state index in [1.165, 1.54) is 17.1 Å².